The first-order chi connectivity index (χ1) is 8.25. The molecular formula is C12H8N2O3. The third-order valence-corrected chi connectivity index (χ3v) is 2.57. The SMILES string of the molecule is O=[N+]([O-])c1cccc2c1Nc1ccccc1O2. The summed E-state index contributed by atoms with van der Waals surface area (Å²) in [6.45, 7) is 0. The lowest BCUT2D eigenvalue weighted by Gasteiger charge is -2.20. The van der Waals surface area contributed by atoms with E-state index in [9.17, 15) is 10.1 Å². The zero-order valence-corrected chi connectivity index (χ0v) is 8.71. The Bertz CT molecular complexity index is 610. The van der Waals surface area contributed by atoms with Crippen molar-refractivity contribution in [2.45, 2.75) is 0 Å². The van der Waals surface area contributed by atoms with Gasteiger partial charge in [-0.3, -0.25) is 10.1 Å². The summed E-state index contributed by atoms with van der Waals surface area (Å²) in [6.07, 6.45) is 0. The molecule has 2 aromatic rings. The number of anilines is 2. The van der Waals surface area contributed by atoms with Crippen LogP contribution in [0.15, 0.2) is 42.5 Å². The van der Waals surface area contributed by atoms with Crippen molar-refractivity contribution >= 4 is 17.1 Å². The molecule has 1 N–H and O–H groups in total. The monoisotopic (exact) mass is 228 g/mol. The highest BCUT2D eigenvalue weighted by Gasteiger charge is 2.24. The Morgan fingerprint density at radius 3 is 2.65 bits per heavy atom. The molecule has 5 heteroatoms. The molecule has 0 saturated heterocycles. The maximum atomic E-state index is 10.9. The Hall–Kier alpha value is -2.56. The molecule has 0 aliphatic carbocycles. The zero-order valence-electron chi connectivity index (χ0n) is 8.71. The number of fused-ring (bicyclic) bond motifs is 2. The molecule has 84 valence electrons. The van der Waals surface area contributed by atoms with Gasteiger partial charge in [0.2, 0.25) is 0 Å². The van der Waals surface area contributed by atoms with Gasteiger partial charge in [-0.2, -0.15) is 0 Å². The number of para-hydroxylation sites is 3. The van der Waals surface area contributed by atoms with Crippen molar-refractivity contribution in [3.8, 4) is 11.5 Å². The van der Waals surface area contributed by atoms with Gasteiger partial charge >= 0.3 is 0 Å². The van der Waals surface area contributed by atoms with Gasteiger partial charge in [-0.1, -0.05) is 18.2 Å². The van der Waals surface area contributed by atoms with E-state index in [-0.39, 0.29) is 5.69 Å². The van der Waals surface area contributed by atoms with E-state index < -0.39 is 4.92 Å². The molecule has 5 nitrogen and oxygen atoms in total. The average molecular weight is 228 g/mol. The fraction of sp³-hybridized carbons (Fsp3) is 0. The van der Waals surface area contributed by atoms with Crippen LogP contribution >= 0.6 is 0 Å². The van der Waals surface area contributed by atoms with Crippen LogP contribution in [0, 0.1) is 10.1 Å². The zero-order chi connectivity index (χ0) is 11.8. The van der Waals surface area contributed by atoms with Gasteiger partial charge in [0, 0.05) is 6.07 Å². The number of benzene rings is 2. The van der Waals surface area contributed by atoms with Gasteiger partial charge in [0.25, 0.3) is 5.69 Å². The largest absolute Gasteiger partial charge is 0.453 e. The van der Waals surface area contributed by atoms with Gasteiger partial charge in [-0.25, -0.2) is 0 Å². The summed E-state index contributed by atoms with van der Waals surface area (Å²) in [4.78, 5) is 10.5. The molecule has 0 radical (unpaired) electrons. The summed E-state index contributed by atoms with van der Waals surface area (Å²) < 4.78 is 5.60. The van der Waals surface area contributed by atoms with Crippen LogP contribution in [0.25, 0.3) is 0 Å². The fourth-order valence-electron chi connectivity index (χ4n) is 1.79. The van der Waals surface area contributed by atoms with Crippen LogP contribution in [0.4, 0.5) is 17.1 Å². The summed E-state index contributed by atoms with van der Waals surface area (Å²) in [5.74, 6) is 1.14. The number of nitrogens with one attached hydrogen (secondary N) is 1. The van der Waals surface area contributed by atoms with Crippen LogP contribution in [-0.2, 0) is 0 Å². The molecule has 0 spiro atoms. The van der Waals surface area contributed by atoms with Gasteiger partial charge in [-0.05, 0) is 18.2 Å². The molecule has 1 aliphatic rings. The van der Waals surface area contributed by atoms with E-state index in [1.807, 2.05) is 24.3 Å². The summed E-state index contributed by atoms with van der Waals surface area (Å²) in [7, 11) is 0. The second-order valence-corrected chi connectivity index (χ2v) is 3.63. The van der Waals surface area contributed by atoms with Crippen LogP contribution in [0.3, 0.4) is 0 Å². The Labute approximate surface area is 96.8 Å². The molecule has 17 heavy (non-hydrogen) atoms. The Morgan fingerprint density at radius 2 is 1.82 bits per heavy atom. The van der Waals surface area contributed by atoms with E-state index in [1.165, 1.54) is 6.07 Å². The van der Waals surface area contributed by atoms with Gasteiger partial charge in [-0.15, -0.1) is 0 Å². The van der Waals surface area contributed by atoms with Gasteiger partial charge in [0.1, 0.15) is 0 Å². The van der Waals surface area contributed by atoms with Crippen molar-refractivity contribution in [3.63, 3.8) is 0 Å². The summed E-state index contributed by atoms with van der Waals surface area (Å²) in [5.41, 5.74) is 1.14. The van der Waals surface area contributed by atoms with Gasteiger partial charge in [0.05, 0.1) is 10.6 Å². The van der Waals surface area contributed by atoms with Crippen molar-refractivity contribution in [1.29, 1.82) is 0 Å². The summed E-state index contributed by atoms with van der Waals surface area (Å²) in [6, 6.07) is 12.1. The molecule has 3 rings (SSSR count). The van der Waals surface area contributed by atoms with Crippen molar-refractivity contribution in [1.82, 2.24) is 0 Å². The minimum atomic E-state index is -0.427. The molecule has 0 atom stereocenters. The van der Waals surface area contributed by atoms with Gasteiger partial charge < -0.3 is 10.1 Å². The highest BCUT2D eigenvalue weighted by Crippen LogP contribution is 2.45. The second kappa shape index (κ2) is 3.48. The number of hydrogen-bond acceptors (Lipinski definition) is 4. The maximum Gasteiger partial charge on any atom is 0.296 e. The Morgan fingerprint density at radius 1 is 1.06 bits per heavy atom. The third kappa shape index (κ3) is 1.48. The van der Waals surface area contributed by atoms with Crippen molar-refractivity contribution in [2.75, 3.05) is 5.32 Å². The smallest absolute Gasteiger partial charge is 0.296 e. The normalized spacial score (nSPS) is 11.8. The fourth-order valence-corrected chi connectivity index (χ4v) is 1.79. The lowest BCUT2D eigenvalue weighted by Crippen LogP contribution is -2.05. The lowest BCUT2D eigenvalue weighted by atomic mass is 10.2. The van der Waals surface area contributed by atoms with Crippen LogP contribution in [0.5, 0.6) is 11.5 Å². The molecule has 0 saturated carbocycles. The molecule has 0 fully saturated rings. The topological polar surface area (TPSA) is 64.4 Å². The molecule has 0 amide bonds. The van der Waals surface area contributed by atoms with Crippen molar-refractivity contribution in [3.05, 3.63) is 52.6 Å². The van der Waals surface area contributed by atoms with E-state index in [4.69, 9.17) is 4.74 Å². The Balaban J connectivity index is 2.15. The Kier molecular flexibility index (Phi) is 1.98. The lowest BCUT2D eigenvalue weighted by molar-refractivity contribution is -0.384. The van der Waals surface area contributed by atoms with Crippen LogP contribution < -0.4 is 10.1 Å². The first-order valence-electron chi connectivity index (χ1n) is 5.07. The first-order valence-corrected chi connectivity index (χ1v) is 5.07. The molecule has 0 bridgehead atoms. The molecule has 1 heterocycles. The number of ether oxygens (including phenoxy) is 1. The minimum Gasteiger partial charge on any atom is -0.453 e. The number of rotatable bonds is 1. The quantitative estimate of drug-likeness (QED) is 0.511. The third-order valence-electron chi connectivity index (χ3n) is 2.57. The van der Waals surface area contributed by atoms with Crippen molar-refractivity contribution in [2.24, 2.45) is 0 Å². The van der Waals surface area contributed by atoms with Crippen molar-refractivity contribution < 1.29 is 9.66 Å². The predicted molar refractivity (Wildman–Crippen MR) is 62.9 cm³/mol. The number of nitro groups is 1. The minimum absolute atomic E-state index is 0.0111. The highest BCUT2D eigenvalue weighted by molar-refractivity contribution is 5.81. The van der Waals surface area contributed by atoms with E-state index >= 15 is 0 Å². The number of nitro benzene ring substituents is 1. The molecule has 2 aromatic carbocycles. The van der Waals surface area contributed by atoms with Gasteiger partial charge in [0.15, 0.2) is 17.2 Å². The number of hydrogen-bond donors (Lipinski definition) is 1. The van der Waals surface area contributed by atoms with Crippen LogP contribution in [0.1, 0.15) is 0 Å². The second-order valence-electron chi connectivity index (χ2n) is 3.63. The summed E-state index contributed by atoms with van der Waals surface area (Å²) in [5, 5.41) is 13.9. The molecule has 0 aromatic heterocycles. The van der Waals surface area contributed by atoms with E-state index in [0.29, 0.717) is 17.2 Å². The average Bonchev–Trinajstić information content (AvgIpc) is 2.35. The van der Waals surface area contributed by atoms with Crippen LogP contribution in [-0.4, -0.2) is 4.92 Å². The molecular weight excluding hydrogens is 220 g/mol. The maximum absolute atomic E-state index is 10.9. The predicted octanol–water partition coefficient (Wildman–Crippen LogP) is 3.44. The van der Waals surface area contributed by atoms with Crippen LogP contribution in [0.2, 0.25) is 0 Å². The highest BCUT2D eigenvalue weighted by atomic mass is 16.6. The molecule has 0 unspecified atom stereocenters. The standard InChI is InChI=1S/C12H8N2O3/c15-14(16)9-5-3-7-11-12(9)13-8-4-1-2-6-10(8)17-11/h1-7,13H. The molecule has 1 aliphatic heterocycles. The van der Waals surface area contributed by atoms with E-state index in [2.05, 4.69) is 5.32 Å². The first kappa shape index (κ1) is 9.65. The number of nitrogens with zero attached hydrogens (tertiary/aromatic N) is 1. The summed E-state index contributed by atoms with van der Waals surface area (Å²) >= 11 is 0. The van der Waals surface area contributed by atoms with E-state index in [0.717, 1.165) is 5.69 Å². The van der Waals surface area contributed by atoms with E-state index in [1.54, 1.807) is 12.1 Å².